The minimum absolute atomic E-state index is 0.206. The Bertz CT molecular complexity index is 530. The zero-order valence-electron chi connectivity index (χ0n) is 14.8. The number of carbonyl (C=O) groups excluding carboxylic acids is 1. The molecular weight excluding hydrogens is 322 g/mol. The Kier molecular flexibility index (Phi) is 5.89. The lowest BCUT2D eigenvalue weighted by atomic mass is 9.68. The molecule has 0 spiro atoms. The highest BCUT2D eigenvalue weighted by Gasteiger charge is 2.46. The van der Waals surface area contributed by atoms with Crippen LogP contribution in [0.5, 0.6) is 0 Å². The molecule has 2 heterocycles. The molecule has 1 saturated heterocycles. The Balaban J connectivity index is 1.60. The van der Waals surface area contributed by atoms with Gasteiger partial charge < -0.3 is 10.1 Å². The highest BCUT2D eigenvalue weighted by atomic mass is 32.1. The molecule has 1 aliphatic heterocycles. The van der Waals surface area contributed by atoms with Crippen LogP contribution in [0.15, 0.2) is 10.9 Å². The van der Waals surface area contributed by atoms with E-state index < -0.39 is 0 Å². The number of nitrogens with one attached hydrogen (secondary N) is 1. The molecule has 2 fully saturated rings. The van der Waals surface area contributed by atoms with Crippen LogP contribution in [-0.4, -0.2) is 48.6 Å². The van der Waals surface area contributed by atoms with Gasteiger partial charge in [0.15, 0.2) is 0 Å². The molecule has 0 unspecified atom stereocenters. The Morgan fingerprint density at radius 2 is 2.33 bits per heavy atom. The second kappa shape index (κ2) is 7.93. The summed E-state index contributed by atoms with van der Waals surface area (Å²) in [6.07, 6.45) is 5.37. The lowest BCUT2D eigenvalue weighted by molar-refractivity contribution is -0.141. The van der Waals surface area contributed by atoms with Gasteiger partial charge in [0.25, 0.3) is 0 Å². The van der Waals surface area contributed by atoms with E-state index in [0.717, 1.165) is 57.4 Å². The van der Waals surface area contributed by atoms with Crippen molar-refractivity contribution in [2.24, 2.45) is 11.3 Å². The van der Waals surface area contributed by atoms with Crippen molar-refractivity contribution < 1.29 is 9.53 Å². The molecule has 1 amide bonds. The van der Waals surface area contributed by atoms with Crippen molar-refractivity contribution in [1.29, 1.82) is 0 Å². The van der Waals surface area contributed by atoms with Gasteiger partial charge in [-0.3, -0.25) is 9.69 Å². The Labute approximate surface area is 148 Å². The van der Waals surface area contributed by atoms with Gasteiger partial charge in [-0.15, -0.1) is 11.3 Å². The van der Waals surface area contributed by atoms with Crippen LogP contribution < -0.4 is 5.32 Å². The number of hydrogen-bond acceptors (Lipinski definition) is 5. The number of carbonyl (C=O) groups is 1. The molecule has 5 nitrogen and oxygen atoms in total. The molecule has 1 aromatic rings. The fraction of sp³-hybridized carbons (Fsp3) is 0.778. The number of likely N-dealkylation sites (tertiary alicyclic amines) is 1. The number of aromatic nitrogens is 1. The summed E-state index contributed by atoms with van der Waals surface area (Å²) in [7, 11) is 1.69. The molecule has 1 aromatic heterocycles. The maximum absolute atomic E-state index is 12.8. The first kappa shape index (κ1) is 17.8. The Morgan fingerprint density at radius 1 is 1.50 bits per heavy atom. The molecule has 1 saturated carbocycles. The Hall–Kier alpha value is -0.980. The minimum Gasteiger partial charge on any atom is -0.384 e. The highest BCUT2D eigenvalue weighted by molar-refractivity contribution is 7.07. The van der Waals surface area contributed by atoms with Crippen molar-refractivity contribution in [2.45, 2.75) is 51.6 Å². The molecule has 0 bridgehead atoms. The SMILES string of the molecule is CCC[C@@H]1CN(Cc2cscn2)C[C@H]1NC(=O)C1(COC)CCC1. The zero-order chi connectivity index (χ0) is 17.0. The maximum Gasteiger partial charge on any atom is 0.228 e. The third kappa shape index (κ3) is 3.81. The van der Waals surface area contributed by atoms with Crippen LogP contribution in [0.3, 0.4) is 0 Å². The first-order valence-corrected chi connectivity index (χ1v) is 10.0. The monoisotopic (exact) mass is 351 g/mol. The molecule has 6 heteroatoms. The zero-order valence-corrected chi connectivity index (χ0v) is 15.6. The number of hydrogen-bond donors (Lipinski definition) is 1. The predicted molar refractivity (Wildman–Crippen MR) is 95.9 cm³/mol. The van der Waals surface area contributed by atoms with Gasteiger partial charge in [0.1, 0.15) is 0 Å². The molecule has 24 heavy (non-hydrogen) atoms. The van der Waals surface area contributed by atoms with Crippen molar-refractivity contribution in [1.82, 2.24) is 15.2 Å². The van der Waals surface area contributed by atoms with Crippen LogP contribution in [0, 0.1) is 11.3 Å². The number of methoxy groups -OCH3 is 1. The average molecular weight is 352 g/mol. The van der Waals surface area contributed by atoms with Crippen molar-refractivity contribution in [3.63, 3.8) is 0 Å². The van der Waals surface area contributed by atoms with Crippen molar-refractivity contribution in [3.05, 3.63) is 16.6 Å². The summed E-state index contributed by atoms with van der Waals surface area (Å²) in [6.45, 7) is 5.64. The third-order valence-electron chi connectivity index (χ3n) is 5.57. The quantitative estimate of drug-likeness (QED) is 0.782. The van der Waals surface area contributed by atoms with E-state index in [1.165, 1.54) is 0 Å². The smallest absolute Gasteiger partial charge is 0.228 e. The van der Waals surface area contributed by atoms with Gasteiger partial charge in [-0.25, -0.2) is 4.98 Å². The second-order valence-electron chi connectivity index (χ2n) is 7.37. The van der Waals surface area contributed by atoms with E-state index >= 15 is 0 Å². The van der Waals surface area contributed by atoms with Gasteiger partial charge in [-0.1, -0.05) is 19.8 Å². The van der Waals surface area contributed by atoms with Crippen LogP contribution in [0.1, 0.15) is 44.7 Å². The number of rotatable bonds is 8. The summed E-state index contributed by atoms with van der Waals surface area (Å²) in [4.78, 5) is 19.7. The number of ether oxygens (including phenoxy) is 1. The molecule has 0 radical (unpaired) electrons. The van der Waals surface area contributed by atoms with E-state index in [0.29, 0.717) is 12.5 Å². The first-order chi connectivity index (χ1) is 11.7. The summed E-state index contributed by atoms with van der Waals surface area (Å²) >= 11 is 1.64. The molecular formula is C18H29N3O2S. The minimum atomic E-state index is -0.270. The largest absolute Gasteiger partial charge is 0.384 e. The fourth-order valence-electron chi connectivity index (χ4n) is 4.10. The molecule has 3 rings (SSSR count). The van der Waals surface area contributed by atoms with Gasteiger partial charge in [-0.2, -0.15) is 0 Å². The van der Waals surface area contributed by atoms with Crippen molar-refractivity contribution in [2.75, 3.05) is 26.8 Å². The summed E-state index contributed by atoms with van der Waals surface area (Å²) in [5.41, 5.74) is 2.75. The van der Waals surface area contributed by atoms with Crippen LogP contribution in [0.4, 0.5) is 0 Å². The van der Waals surface area contributed by atoms with Crippen LogP contribution in [0.2, 0.25) is 0 Å². The highest BCUT2D eigenvalue weighted by Crippen LogP contribution is 2.41. The van der Waals surface area contributed by atoms with Crippen LogP contribution in [0.25, 0.3) is 0 Å². The van der Waals surface area contributed by atoms with Gasteiger partial charge in [0, 0.05) is 38.2 Å². The van der Waals surface area contributed by atoms with E-state index in [1.54, 1.807) is 18.4 Å². The summed E-state index contributed by atoms with van der Waals surface area (Å²) in [5, 5.41) is 5.49. The van der Waals surface area contributed by atoms with Crippen molar-refractivity contribution >= 4 is 17.2 Å². The molecule has 0 aromatic carbocycles. The predicted octanol–water partition coefficient (Wildman–Crippen LogP) is 2.68. The van der Waals surface area contributed by atoms with Gasteiger partial charge in [0.05, 0.1) is 23.2 Å². The van der Waals surface area contributed by atoms with E-state index in [1.807, 2.05) is 5.51 Å². The summed E-state index contributed by atoms with van der Waals surface area (Å²) < 4.78 is 5.32. The van der Waals surface area contributed by atoms with E-state index in [4.69, 9.17) is 4.74 Å². The molecule has 1 N–H and O–H groups in total. The second-order valence-corrected chi connectivity index (χ2v) is 8.09. The topological polar surface area (TPSA) is 54.5 Å². The first-order valence-electron chi connectivity index (χ1n) is 9.06. The average Bonchev–Trinajstić information content (AvgIpc) is 3.14. The van der Waals surface area contributed by atoms with Gasteiger partial charge in [0.2, 0.25) is 5.91 Å². The number of nitrogens with zero attached hydrogens (tertiary/aromatic N) is 2. The van der Waals surface area contributed by atoms with Crippen LogP contribution in [-0.2, 0) is 16.1 Å². The number of amides is 1. The van der Waals surface area contributed by atoms with Crippen molar-refractivity contribution in [3.8, 4) is 0 Å². The van der Waals surface area contributed by atoms with E-state index in [9.17, 15) is 4.79 Å². The lowest BCUT2D eigenvalue weighted by Gasteiger charge is -2.40. The number of thiazole rings is 1. The van der Waals surface area contributed by atoms with E-state index in [2.05, 4.69) is 27.5 Å². The molecule has 2 atom stereocenters. The normalized spacial score (nSPS) is 26.2. The lowest BCUT2D eigenvalue weighted by Crippen LogP contribution is -2.53. The van der Waals surface area contributed by atoms with E-state index in [-0.39, 0.29) is 17.4 Å². The fourth-order valence-corrected chi connectivity index (χ4v) is 4.65. The molecule has 2 aliphatic rings. The third-order valence-corrected chi connectivity index (χ3v) is 6.21. The summed E-state index contributed by atoms with van der Waals surface area (Å²) in [6, 6.07) is 0.255. The standard InChI is InChI=1S/C18H29N3O2S/c1-3-5-14-8-21(9-15-11-24-13-19-15)10-16(14)20-17(22)18(12-23-2)6-4-7-18/h11,13-14,16H,3-10,12H2,1-2H3,(H,20,22)/t14-,16-/m1/s1. The molecule has 1 aliphatic carbocycles. The van der Waals surface area contributed by atoms with Gasteiger partial charge >= 0.3 is 0 Å². The molecule has 134 valence electrons. The van der Waals surface area contributed by atoms with Crippen LogP contribution >= 0.6 is 11.3 Å². The maximum atomic E-state index is 12.8. The summed E-state index contributed by atoms with van der Waals surface area (Å²) in [5.74, 6) is 0.745. The Morgan fingerprint density at radius 3 is 2.92 bits per heavy atom. The van der Waals surface area contributed by atoms with Gasteiger partial charge in [-0.05, 0) is 25.2 Å².